The van der Waals surface area contributed by atoms with Crippen molar-refractivity contribution in [3.63, 3.8) is 0 Å². The van der Waals surface area contributed by atoms with E-state index in [-0.39, 0.29) is 34.6 Å². The van der Waals surface area contributed by atoms with E-state index in [2.05, 4.69) is 30.6 Å². The topological polar surface area (TPSA) is 99.0 Å². The number of ether oxygens (including phenoxy) is 1. The molecule has 1 heterocycles. The lowest BCUT2D eigenvalue weighted by Gasteiger charge is -2.66. The average Bonchev–Trinajstić information content (AvgIpc) is 3.42. The Morgan fingerprint density at radius 3 is 2.68 bits per heavy atom. The van der Waals surface area contributed by atoms with Crippen molar-refractivity contribution in [1.82, 2.24) is 5.32 Å². The minimum atomic E-state index is -0.923. The van der Waals surface area contributed by atoms with Gasteiger partial charge in [-0.25, -0.2) is 4.79 Å². The molecule has 6 rings (SSSR count). The molecule has 0 amide bonds. The molecular weight excluding hydrogens is 466 g/mol. The van der Waals surface area contributed by atoms with Gasteiger partial charge >= 0.3 is 5.97 Å². The van der Waals surface area contributed by atoms with Crippen LogP contribution in [-0.2, 0) is 9.53 Å². The fraction of sp³-hybridized carbons (Fsp3) is 0.774. The fourth-order valence-corrected chi connectivity index (χ4v) is 9.98. The van der Waals surface area contributed by atoms with Crippen molar-refractivity contribution in [1.29, 1.82) is 0 Å². The summed E-state index contributed by atoms with van der Waals surface area (Å²) in [5, 5.41) is 38.9. The molecule has 6 heteroatoms. The molecule has 37 heavy (non-hydrogen) atoms. The van der Waals surface area contributed by atoms with Gasteiger partial charge in [0.25, 0.3) is 0 Å². The summed E-state index contributed by atoms with van der Waals surface area (Å²) in [6, 6.07) is 0. The zero-order chi connectivity index (χ0) is 25.9. The quantitative estimate of drug-likeness (QED) is 0.411. The van der Waals surface area contributed by atoms with Gasteiger partial charge in [-0.3, -0.25) is 0 Å². The van der Waals surface area contributed by atoms with Crippen LogP contribution < -0.4 is 5.32 Å². The predicted molar refractivity (Wildman–Crippen MR) is 141 cm³/mol. The van der Waals surface area contributed by atoms with Gasteiger partial charge in [0.05, 0.1) is 17.3 Å². The Morgan fingerprint density at radius 2 is 1.92 bits per heavy atom. The van der Waals surface area contributed by atoms with Crippen LogP contribution in [0.1, 0.15) is 90.4 Å². The van der Waals surface area contributed by atoms with Crippen LogP contribution in [0.2, 0.25) is 0 Å². The Kier molecular flexibility index (Phi) is 6.40. The maximum absolute atomic E-state index is 12.5. The lowest BCUT2D eigenvalue weighted by atomic mass is 9.41. The van der Waals surface area contributed by atoms with E-state index < -0.39 is 17.3 Å². The van der Waals surface area contributed by atoms with Gasteiger partial charge in [-0.1, -0.05) is 18.6 Å². The molecule has 0 radical (unpaired) electrons. The summed E-state index contributed by atoms with van der Waals surface area (Å²) in [4.78, 5) is 11.8. The van der Waals surface area contributed by atoms with Crippen LogP contribution >= 0.6 is 0 Å². The number of rotatable bonds is 5. The number of aliphatic hydroxyl groups excluding tert-OH is 1. The van der Waals surface area contributed by atoms with E-state index >= 15 is 0 Å². The third-order valence-electron chi connectivity index (χ3n) is 11.9. The number of fused-ring (bicyclic) bond motifs is 5. The summed E-state index contributed by atoms with van der Waals surface area (Å²) in [6.45, 7) is 3.27. The molecule has 0 spiro atoms. The maximum atomic E-state index is 12.5. The van der Waals surface area contributed by atoms with E-state index in [0.717, 1.165) is 56.9 Å². The lowest BCUT2D eigenvalue weighted by molar-refractivity contribution is -0.258. The van der Waals surface area contributed by atoms with Crippen molar-refractivity contribution in [2.45, 2.75) is 108 Å². The van der Waals surface area contributed by atoms with Gasteiger partial charge in [0.2, 0.25) is 0 Å². The van der Waals surface area contributed by atoms with Crippen molar-refractivity contribution < 1.29 is 24.9 Å². The number of carbonyl (C=O) groups is 1. The van der Waals surface area contributed by atoms with E-state index in [0.29, 0.717) is 32.4 Å². The molecule has 8 unspecified atom stereocenters. The number of nitrogens with one attached hydrogen (secondary N) is 1. The van der Waals surface area contributed by atoms with Crippen LogP contribution in [0.15, 0.2) is 35.6 Å². The highest BCUT2D eigenvalue weighted by Gasteiger charge is 2.71. The summed E-state index contributed by atoms with van der Waals surface area (Å²) in [6.07, 6.45) is 19.4. The van der Waals surface area contributed by atoms with E-state index in [1.165, 1.54) is 18.4 Å². The molecule has 0 aromatic carbocycles. The van der Waals surface area contributed by atoms with Crippen LogP contribution in [0.25, 0.3) is 0 Å². The first-order valence-electron chi connectivity index (χ1n) is 14.8. The maximum Gasteiger partial charge on any atom is 0.331 e. The van der Waals surface area contributed by atoms with E-state index in [1.807, 2.05) is 0 Å². The Morgan fingerprint density at radius 1 is 1.08 bits per heavy atom. The monoisotopic (exact) mass is 511 g/mol. The van der Waals surface area contributed by atoms with Crippen molar-refractivity contribution in [3.8, 4) is 0 Å². The second-order valence-corrected chi connectivity index (χ2v) is 13.4. The van der Waals surface area contributed by atoms with Gasteiger partial charge in [-0.15, -0.1) is 0 Å². The molecule has 0 saturated heterocycles. The molecule has 0 bridgehead atoms. The Bertz CT molecular complexity index is 1020. The zero-order valence-electron chi connectivity index (χ0n) is 22.4. The highest BCUT2D eigenvalue weighted by molar-refractivity contribution is 5.85. The summed E-state index contributed by atoms with van der Waals surface area (Å²) in [5.74, 6) is 0.214. The van der Waals surface area contributed by atoms with E-state index in [4.69, 9.17) is 4.74 Å². The SMILES string of the molecule is CC12CCC3C(CCC4(O)CC(O)CCC34CNC=CC3=CCCCC3)C1(O)CCC2C1=CC(=O)OC1. The van der Waals surface area contributed by atoms with Gasteiger partial charge in [0, 0.05) is 29.9 Å². The number of cyclic esters (lactones) is 1. The number of hydrogen-bond acceptors (Lipinski definition) is 6. The molecule has 6 nitrogen and oxygen atoms in total. The van der Waals surface area contributed by atoms with Gasteiger partial charge in [0.15, 0.2) is 0 Å². The molecular formula is C31H45NO5. The van der Waals surface area contributed by atoms with Crippen molar-refractivity contribution in [2.24, 2.45) is 28.6 Å². The fourth-order valence-electron chi connectivity index (χ4n) is 9.98. The second kappa shape index (κ2) is 9.24. The minimum absolute atomic E-state index is 0.109. The third kappa shape index (κ3) is 3.88. The third-order valence-corrected chi connectivity index (χ3v) is 11.9. The summed E-state index contributed by atoms with van der Waals surface area (Å²) in [7, 11) is 0. The molecule has 4 N–H and O–H groups in total. The van der Waals surface area contributed by atoms with Gasteiger partial charge < -0.3 is 25.4 Å². The standard InChI is InChI=1S/C31H45NO5/c1-28-12-8-25-26(31(28,36)15-10-24(28)22-17-27(34)37-19-22)9-14-30(35)18-23(33)7-13-29(25,30)20-32-16-11-21-5-3-2-4-6-21/h5,11,16-17,23-26,32-33,35-36H,2-4,6-10,12-15,18-20H2,1H3. The summed E-state index contributed by atoms with van der Waals surface area (Å²) < 4.78 is 5.26. The minimum Gasteiger partial charge on any atom is -0.458 e. The van der Waals surface area contributed by atoms with E-state index in [9.17, 15) is 20.1 Å². The second-order valence-electron chi connectivity index (χ2n) is 13.4. The number of aliphatic hydroxyl groups is 3. The molecule has 5 aliphatic carbocycles. The molecule has 4 fully saturated rings. The Hall–Kier alpha value is -1.63. The van der Waals surface area contributed by atoms with E-state index in [1.54, 1.807) is 6.08 Å². The van der Waals surface area contributed by atoms with Gasteiger partial charge in [-0.2, -0.15) is 0 Å². The normalized spacial score (nSPS) is 47.5. The first-order valence-corrected chi connectivity index (χ1v) is 14.8. The number of hydrogen-bond donors (Lipinski definition) is 4. The number of carbonyl (C=O) groups excluding carboxylic acids is 1. The van der Waals surface area contributed by atoms with Crippen LogP contribution in [0.5, 0.6) is 0 Å². The Balaban J connectivity index is 1.29. The highest BCUT2D eigenvalue weighted by Crippen LogP contribution is 2.70. The Labute approximate surface area is 221 Å². The lowest BCUT2D eigenvalue weighted by Crippen LogP contribution is -2.70. The largest absolute Gasteiger partial charge is 0.458 e. The highest BCUT2D eigenvalue weighted by atomic mass is 16.5. The number of allylic oxidation sites excluding steroid dienone is 3. The predicted octanol–water partition coefficient (Wildman–Crippen LogP) is 4.30. The van der Waals surface area contributed by atoms with Crippen molar-refractivity contribution in [2.75, 3.05) is 13.2 Å². The molecule has 204 valence electrons. The molecule has 6 aliphatic rings. The van der Waals surface area contributed by atoms with Crippen LogP contribution in [0.4, 0.5) is 0 Å². The molecule has 0 aromatic heterocycles. The number of esters is 1. The van der Waals surface area contributed by atoms with Crippen LogP contribution in [0.3, 0.4) is 0 Å². The van der Waals surface area contributed by atoms with Crippen molar-refractivity contribution in [3.05, 3.63) is 35.6 Å². The molecule has 0 aromatic rings. The smallest absolute Gasteiger partial charge is 0.331 e. The summed E-state index contributed by atoms with van der Waals surface area (Å²) in [5.41, 5.74) is 0.0258. The molecule has 4 saturated carbocycles. The average molecular weight is 512 g/mol. The first-order chi connectivity index (χ1) is 17.7. The zero-order valence-corrected chi connectivity index (χ0v) is 22.4. The summed E-state index contributed by atoms with van der Waals surface area (Å²) >= 11 is 0. The van der Waals surface area contributed by atoms with Crippen LogP contribution in [-0.4, -0.2) is 51.7 Å². The first kappa shape index (κ1) is 25.6. The van der Waals surface area contributed by atoms with Gasteiger partial charge in [-0.05, 0) is 113 Å². The molecule has 8 atom stereocenters. The molecule has 1 aliphatic heterocycles. The van der Waals surface area contributed by atoms with Crippen molar-refractivity contribution >= 4 is 5.97 Å². The van der Waals surface area contributed by atoms with Gasteiger partial charge in [0.1, 0.15) is 6.61 Å². The van der Waals surface area contributed by atoms with Crippen LogP contribution in [0, 0.1) is 28.6 Å².